The van der Waals surface area contributed by atoms with Crippen LogP contribution in [0.4, 0.5) is 0 Å². The Morgan fingerprint density at radius 1 is 1.20 bits per heavy atom. The van der Waals surface area contributed by atoms with Gasteiger partial charge < -0.3 is 15.1 Å². The lowest BCUT2D eigenvalue weighted by Gasteiger charge is -2.33. The second kappa shape index (κ2) is 8.08. The summed E-state index contributed by atoms with van der Waals surface area (Å²) < 4.78 is 0. The summed E-state index contributed by atoms with van der Waals surface area (Å²) in [6.45, 7) is 9.74. The molecular weight excluding hydrogens is 190 g/mol. The molecule has 1 unspecified atom stereocenters. The highest BCUT2D eigenvalue weighted by molar-refractivity contribution is 4.77. The minimum absolute atomic E-state index is 0.0141. The smallest absolute Gasteiger partial charge is 0.0497 e. The summed E-state index contributed by atoms with van der Waals surface area (Å²) in [6.07, 6.45) is 2.98. The fourth-order valence-electron chi connectivity index (χ4n) is 1.99. The van der Waals surface area contributed by atoms with Crippen molar-refractivity contribution in [2.24, 2.45) is 5.41 Å². The first-order valence-corrected chi connectivity index (χ1v) is 6.06. The number of hydrogen-bond donors (Lipinski definition) is 2. The van der Waals surface area contributed by atoms with Gasteiger partial charge in [-0.1, -0.05) is 27.2 Å². The summed E-state index contributed by atoms with van der Waals surface area (Å²) in [5.41, 5.74) is 0.0141. The van der Waals surface area contributed by atoms with Crippen LogP contribution >= 0.6 is 0 Å². The molecule has 0 heterocycles. The summed E-state index contributed by atoms with van der Waals surface area (Å²) in [4.78, 5) is 2.31. The third-order valence-electron chi connectivity index (χ3n) is 2.92. The van der Waals surface area contributed by atoms with Crippen molar-refractivity contribution in [1.29, 1.82) is 0 Å². The molecule has 15 heavy (non-hydrogen) atoms. The van der Waals surface area contributed by atoms with Crippen molar-refractivity contribution >= 4 is 0 Å². The van der Waals surface area contributed by atoms with Gasteiger partial charge in [0.1, 0.15) is 0 Å². The molecule has 0 amide bonds. The summed E-state index contributed by atoms with van der Waals surface area (Å²) in [7, 11) is 0. The third kappa shape index (κ3) is 6.13. The van der Waals surface area contributed by atoms with Crippen LogP contribution in [-0.4, -0.2) is 48.0 Å². The van der Waals surface area contributed by atoms with E-state index in [1.807, 2.05) is 0 Å². The highest BCUT2D eigenvalue weighted by atomic mass is 16.3. The SMILES string of the molecule is CCCC(C)(CO)CN(CC)CCCO. The van der Waals surface area contributed by atoms with Crippen molar-refractivity contribution in [2.75, 3.05) is 32.8 Å². The number of hydrogen-bond acceptors (Lipinski definition) is 3. The molecule has 0 aliphatic rings. The molecule has 0 rings (SSSR count). The molecule has 0 fully saturated rings. The van der Waals surface area contributed by atoms with Crippen LogP contribution in [0.5, 0.6) is 0 Å². The highest BCUT2D eigenvalue weighted by Gasteiger charge is 2.24. The van der Waals surface area contributed by atoms with Gasteiger partial charge in [0.2, 0.25) is 0 Å². The number of aliphatic hydroxyl groups is 2. The van der Waals surface area contributed by atoms with E-state index in [9.17, 15) is 5.11 Å². The predicted octanol–water partition coefficient (Wildman–Crippen LogP) is 1.49. The Bertz CT molecular complexity index is 153. The van der Waals surface area contributed by atoms with Crippen LogP contribution in [0.2, 0.25) is 0 Å². The van der Waals surface area contributed by atoms with Crippen molar-refractivity contribution in [3.8, 4) is 0 Å². The van der Waals surface area contributed by atoms with Gasteiger partial charge >= 0.3 is 0 Å². The van der Waals surface area contributed by atoms with Crippen LogP contribution in [0.1, 0.15) is 40.0 Å². The van der Waals surface area contributed by atoms with Crippen molar-refractivity contribution in [3.63, 3.8) is 0 Å². The van der Waals surface area contributed by atoms with Gasteiger partial charge in [-0.05, 0) is 19.4 Å². The zero-order valence-electron chi connectivity index (χ0n) is 10.5. The van der Waals surface area contributed by atoms with Gasteiger partial charge in [-0.15, -0.1) is 0 Å². The van der Waals surface area contributed by atoms with Gasteiger partial charge in [-0.3, -0.25) is 0 Å². The average molecular weight is 217 g/mol. The first-order valence-electron chi connectivity index (χ1n) is 6.06. The zero-order valence-corrected chi connectivity index (χ0v) is 10.5. The van der Waals surface area contributed by atoms with Gasteiger partial charge in [-0.25, -0.2) is 0 Å². The lowest BCUT2D eigenvalue weighted by molar-refractivity contribution is 0.0789. The van der Waals surface area contributed by atoms with Gasteiger partial charge in [0, 0.05) is 31.7 Å². The maximum absolute atomic E-state index is 9.41. The third-order valence-corrected chi connectivity index (χ3v) is 2.92. The minimum atomic E-state index is 0.0141. The first kappa shape index (κ1) is 14.9. The first-order chi connectivity index (χ1) is 7.11. The quantitative estimate of drug-likeness (QED) is 0.615. The zero-order chi connectivity index (χ0) is 11.7. The van der Waals surface area contributed by atoms with E-state index in [4.69, 9.17) is 5.11 Å². The molecule has 0 aliphatic carbocycles. The fraction of sp³-hybridized carbons (Fsp3) is 1.00. The van der Waals surface area contributed by atoms with Gasteiger partial charge in [-0.2, -0.15) is 0 Å². The Hall–Kier alpha value is -0.120. The van der Waals surface area contributed by atoms with E-state index in [1.54, 1.807) is 0 Å². The van der Waals surface area contributed by atoms with Crippen molar-refractivity contribution in [1.82, 2.24) is 4.90 Å². The highest BCUT2D eigenvalue weighted by Crippen LogP contribution is 2.23. The molecule has 0 radical (unpaired) electrons. The maximum Gasteiger partial charge on any atom is 0.0497 e. The Morgan fingerprint density at radius 3 is 2.27 bits per heavy atom. The van der Waals surface area contributed by atoms with Crippen LogP contribution in [0.3, 0.4) is 0 Å². The summed E-state index contributed by atoms with van der Waals surface area (Å²) in [5, 5.41) is 18.2. The monoisotopic (exact) mass is 217 g/mol. The molecule has 0 saturated carbocycles. The Labute approximate surface area is 94.1 Å². The number of rotatable bonds is 9. The maximum atomic E-state index is 9.41. The van der Waals surface area contributed by atoms with Crippen LogP contribution < -0.4 is 0 Å². The molecule has 3 heteroatoms. The summed E-state index contributed by atoms with van der Waals surface area (Å²) in [6, 6.07) is 0. The van der Waals surface area contributed by atoms with Crippen LogP contribution in [-0.2, 0) is 0 Å². The second-order valence-electron chi connectivity index (χ2n) is 4.66. The lowest BCUT2D eigenvalue weighted by atomic mass is 9.86. The molecule has 0 spiro atoms. The van der Waals surface area contributed by atoms with Crippen molar-refractivity contribution in [3.05, 3.63) is 0 Å². The molecular formula is C12H27NO2. The summed E-state index contributed by atoms with van der Waals surface area (Å²) >= 11 is 0. The molecule has 0 aliphatic heterocycles. The minimum Gasteiger partial charge on any atom is -0.396 e. The van der Waals surface area contributed by atoms with E-state index in [2.05, 4.69) is 25.7 Å². The fourth-order valence-corrected chi connectivity index (χ4v) is 1.99. The molecule has 1 atom stereocenters. The molecule has 3 nitrogen and oxygen atoms in total. The standard InChI is InChI=1S/C12H27NO2/c1-4-7-12(3,11-15)10-13(5-2)8-6-9-14/h14-15H,4-11H2,1-3H3. The Kier molecular flexibility index (Phi) is 8.02. The number of aliphatic hydroxyl groups excluding tert-OH is 2. The van der Waals surface area contributed by atoms with Gasteiger partial charge in [0.05, 0.1) is 0 Å². The van der Waals surface area contributed by atoms with Crippen LogP contribution in [0, 0.1) is 5.41 Å². The molecule has 0 aromatic carbocycles. The van der Waals surface area contributed by atoms with Crippen LogP contribution in [0.15, 0.2) is 0 Å². The number of nitrogens with zero attached hydrogens (tertiary/aromatic N) is 1. The normalized spacial score (nSPS) is 15.6. The van der Waals surface area contributed by atoms with E-state index in [0.717, 1.165) is 38.9 Å². The van der Waals surface area contributed by atoms with Crippen molar-refractivity contribution in [2.45, 2.75) is 40.0 Å². The molecule has 0 aromatic rings. The van der Waals surface area contributed by atoms with Crippen LogP contribution in [0.25, 0.3) is 0 Å². The van der Waals surface area contributed by atoms with E-state index >= 15 is 0 Å². The topological polar surface area (TPSA) is 43.7 Å². The summed E-state index contributed by atoms with van der Waals surface area (Å²) in [5.74, 6) is 0. The largest absolute Gasteiger partial charge is 0.396 e. The van der Waals surface area contributed by atoms with Gasteiger partial charge in [0.25, 0.3) is 0 Å². The Balaban J connectivity index is 4.09. The lowest BCUT2D eigenvalue weighted by Crippen LogP contribution is -2.39. The van der Waals surface area contributed by atoms with Gasteiger partial charge in [0.15, 0.2) is 0 Å². The van der Waals surface area contributed by atoms with E-state index in [1.165, 1.54) is 0 Å². The predicted molar refractivity (Wildman–Crippen MR) is 63.9 cm³/mol. The molecule has 0 saturated heterocycles. The molecule has 0 aromatic heterocycles. The van der Waals surface area contributed by atoms with E-state index < -0.39 is 0 Å². The molecule has 0 bridgehead atoms. The van der Waals surface area contributed by atoms with E-state index in [-0.39, 0.29) is 18.6 Å². The molecule has 92 valence electrons. The van der Waals surface area contributed by atoms with Crippen molar-refractivity contribution < 1.29 is 10.2 Å². The molecule has 2 N–H and O–H groups in total. The second-order valence-corrected chi connectivity index (χ2v) is 4.66. The Morgan fingerprint density at radius 2 is 1.87 bits per heavy atom. The average Bonchev–Trinajstić information content (AvgIpc) is 2.24. The van der Waals surface area contributed by atoms with E-state index in [0.29, 0.717) is 0 Å².